The number of unbranched alkanes of at least 4 members (excludes halogenated alkanes) is 1. The lowest BCUT2D eigenvalue weighted by Gasteiger charge is -2.13. The minimum absolute atomic E-state index is 0.000180. The van der Waals surface area contributed by atoms with Gasteiger partial charge in [-0.05, 0) is 20.3 Å². The van der Waals surface area contributed by atoms with E-state index in [1.54, 1.807) is 0 Å². The third kappa shape index (κ3) is 2.95. The summed E-state index contributed by atoms with van der Waals surface area (Å²) >= 11 is 0. The van der Waals surface area contributed by atoms with Gasteiger partial charge in [0.25, 0.3) is 0 Å². The summed E-state index contributed by atoms with van der Waals surface area (Å²) in [5.41, 5.74) is 6.12. The predicted octanol–water partition coefficient (Wildman–Crippen LogP) is 1.92. The summed E-state index contributed by atoms with van der Waals surface area (Å²) in [6, 6.07) is -0.000180. The highest BCUT2D eigenvalue weighted by molar-refractivity contribution is 5.26. The summed E-state index contributed by atoms with van der Waals surface area (Å²) in [5.74, 6) is 1.72. The van der Waals surface area contributed by atoms with Gasteiger partial charge in [-0.2, -0.15) is 0 Å². The fourth-order valence-corrected chi connectivity index (χ4v) is 1.74. The zero-order chi connectivity index (χ0) is 12.0. The number of nitrogens with two attached hydrogens (primary N) is 1. The van der Waals surface area contributed by atoms with Crippen molar-refractivity contribution in [1.82, 2.24) is 14.8 Å². The first kappa shape index (κ1) is 13.0. The molecule has 1 atom stereocenters. The maximum atomic E-state index is 6.12. The first-order chi connectivity index (χ1) is 7.74. The molecule has 1 heterocycles. The summed E-state index contributed by atoms with van der Waals surface area (Å²) in [5, 5.41) is 11.5. The van der Waals surface area contributed by atoms with Crippen LogP contribution in [0.4, 0.5) is 5.95 Å². The first-order valence-corrected chi connectivity index (χ1v) is 6.17. The molecule has 0 aromatic carbocycles. The molecule has 92 valence electrons. The summed E-state index contributed by atoms with van der Waals surface area (Å²) in [7, 11) is 0. The maximum absolute atomic E-state index is 6.12. The van der Waals surface area contributed by atoms with Crippen LogP contribution in [0.25, 0.3) is 0 Å². The fraction of sp³-hybridized carbons (Fsp3) is 0.818. The van der Waals surface area contributed by atoms with Crippen molar-refractivity contribution in [3.8, 4) is 0 Å². The van der Waals surface area contributed by atoms with Crippen LogP contribution in [0, 0.1) is 0 Å². The van der Waals surface area contributed by atoms with E-state index in [-0.39, 0.29) is 6.04 Å². The molecular formula is C11H23N5. The van der Waals surface area contributed by atoms with Crippen LogP contribution in [0.15, 0.2) is 0 Å². The smallest absolute Gasteiger partial charge is 0.224 e. The lowest BCUT2D eigenvalue weighted by Crippen LogP contribution is -2.17. The number of anilines is 1. The number of nitrogens with one attached hydrogen (secondary N) is 1. The minimum atomic E-state index is -0.000180. The third-order valence-corrected chi connectivity index (χ3v) is 2.63. The van der Waals surface area contributed by atoms with E-state index in [9.17, 15) is 0 Å². The van der Waals surface area contributed by atoms with Gasteiger partial charge in [0.1, 0.15) is 0 Å². The van der Waals surface area contributed by atoms with E-state index in [0.29, 0.717) is 0 Å². The maximum Gasteiger partial charge on any atom is 0.224 e. The summed E-state index contributed by atoms with van der Waals surface area (Å²) in [6.45, 7) is 8.00. The van der Waals surface area contributed by atoms with Crippen LogP contribution in [-0.2, 0) is 6.54 Å². The highest BCUT2D eigenvalue weighted by Crippen LogP contribution is 2.18. The second-order valence-corrected chi connectivity index (χ2v) is 3.91. The Hall–Kier alpha value is -1.10. The molecule has 0 saturated carbocycles. The molecule has 3 N–H and O–H groups in total. The third-order valence-electron chi connectivity index (χ3n) is 2.63. The SMILES string of the molecule is CCCC[C@H](N)c1nnc(NCC)n1CC. The van der Waals surface area contributed by atoms with Gasteiger partial charge < -0.3 is 11.1 Å². The minimum Gasteiger partial charge on any atom is -0.355 e. The van der Waals surface area contributed by atoms with Gasteiger partial charge in [-0.15, -0.1) is 10.2 Å². The van der Waals surface area contributed by atoms with E-state index < -0.39 is 0 Å². The van der Waals surface area contributed by atoms with Crippen molar-refractivity contribution in [3.63, 3.8) is 0 Å². The van der Waals surface area contributed by atoms with Gasteiger partial charge in [0.2, 0.25) is 5.95 Å². The van der Waals surface area contributed by atoms with Crippen molar-refractivity contribution in [2.75, 3.05) is 11.9 Å². The molecule has 0 saturated heterocycles. The van der Waals surface area contributed by atoms with Gasteiger partial charge in [-0.25, -0.2) is 0 Å². The van der Waals surface area contributed by atoms with Crippen molar-refractivity contribution in [2.45, 2.75) is 52.6 Å². The van der Waals surface area contributed by atoms with Crippen molar-refractivity contribution < 1.29 is 0 Å². The van der Waals surface area contributed by atoms with Crippen LogP contribution in [0.5, 0.6) is 0 Å². The number of hydrogen-bond donors (Lipinski definition) is 2. The van der Waals surface area contributed by atoms with Gasteiger partial charge in [-0.3, -0.25) is 4.57 Å². The van der Waals surface area contributed by atoms with Crippen molar-refractivity contribution >= 4 is 5.95 Å². The van der Waals surface area contributed by atoms with Crippen molar-refractivity contribution in [2.24, 2.45) is 5.73 Å². The topological polar surface area (TPSA) is 68.8 Å². The van der Waals surface area contributed by atoms with Crippen LogP contribution < -0.4 is 11.1 Å². The molecule has 1 rings (SSSR count). The molecule has 0 spiro atoms. The lowest BCUT2D eigenvalue weighted by atomic mass is 10.1. The molecule has 0 amide bonds. The molecule has 0 fully saturated rings. The first-order valence-electron chi connectivity index (χ1n) is 6.17. The number of aromatic nitrogens is 3. The molecule has 0 bridgehead atoms. The Kier molecular flexibility index (Phi) is 5.25. The average molecular weight is 225 g/mol. The summed E-state index contributed by atoms with van der Waals surface area (Å²) in [6.07, 6.45) is 3.27. The van der Waals surface area contributed by atoms with Gasteiger partial charge >= 0.3 is 0 Å². The molecule has 0 radical (unpaired) electrons. The zero-order valence-electron chi connectivity index (χ0n) is 10.5. The Labute approximate surface area is 97.4 Å². The zero-order valence-corrected chi connectivity index (χ0v) is 10.5. The number of rotatable bonds is 7. The van der Waals surface area contributed by atoms with E-state index in [4.69, 9.17) is 5.73 Å². The van der Waals surface area contributed by atoms with E-state index in [1.165, 1.54) is 0 Å². The molecule has 1 aromatic rings. The highest BCUT2D eigenvalue weighted by Gasteiger charge is 2.16. The lowest BCUT2D eigenvalue weighted by molar-refractivity contribution is 0.543. The van der Waals surface area contributed by atoms with E-state index in [0.717, 1.165) is 44.1 Å². The predicted molar refractivity (Wildman–Crippen MR) is 66.3 cm³/mol. The fourth-order valence-electron chi connectivity index (χ4n) is 1.74. The second-order valence-electron chi connectivity index (χ2n) is 3.91. The molecule has 0 unspecified atom stereocenters. The molecule has 16 heavy (non-hydrogen) atoms. The van der Waals surface area contributed by atoms with Crippen LogP contribution in [0.1, 0.15) is 51.9 Å². The Bertz CT molecular complexity index is 307. The molecular weight excluding hydrogens is 202 g/mol. The summed E-state index contributed by atoms with van der Waals surface area (Å²) < 4.78 is 2.06. The standard InChI is InChI=1S/C11H23N5/c1-4-7-8-9(12)10-14-15-11(13-5-2)16(10)6-3/h9H,4-8,12H2,1-3H3,(H,13,15)/t9-/m0/s1. The molecule has 0 aliphatic heterocycles. The normalized spacial score (nSPS) is 12.8. The van der Waals surface area contributed by atoms with Crippen LogP contribution in [-0.4, -0.2) is 21.3 Å². The van der Waals surface area contributed by atoms with Crippen molar-refractivity contribution in [1.29, 1.82) is 0 Å². The Morgan fingerprint density at radius 1 is 1.31 bits per heavy atom. The van der Waals surface area contributed by atoms with E-state index >= 15 is 0 Å². The number of hydrogen-bond acceptors (Lipinski definition) is 4. The Morgan fingerprint density at radius 3 is 2.62 bits per heavy atom. The quantitative estimate of drug-likeness (QED) is 0.744. The van der Waals surface area contributed by atoms with E-state index in [1.807, 2.05) is 6.92 Å². The van der Waals surface area contributed by atoms with Gasteiger partial charge in [0, 0.05) is 13.1 Å². The monoisotopic (exact) mass is 225 g/mol. The second kappa shape index (κ2) is 6.48. The molecule has 5 nitrogen and oxygen atoms in total. The summed E-state index contributed by atoms with van der Waals surface area (Å²) in [4.78, 5) is 0. The molecule has 1 aromatic heterocycles. The van der Waals surface area contributed by atoms with Gasteiger partial charge in [-0.1, -0.05) is 19.8 Å². The van der Waals surface area contributed by atoms with Crippen LogP contribution in [0.3, 0.4) is 0 Å². The van der Waals surface area contributed by atoms with E-state index in [2.05, 4.69) is 33.9 Å². The Balaban J connectivity index is 2.78. The van der Waals surface area contributed by atoms with Crippen LogP contribution in [0.2, 0.25) is 0 Å². The molecule has 5 heteroatoms. The van der Waals surface area contributed by atoms with Crippen LogP contribution >= 0.6 is 0 Å². The molecule has 0 aliphatic rings. The van der Waals surface area contributed by atoms with Crippen molar-refractivity contribution in [3.05, 3.63) is 5.82 Å². The average Bonchev–Trinajstić information content (AvgIpc) is 2.69. The Morgan fingerprint density at radius 2 is 2.06 bits per heavy atom. The van der Waals surface area contributed by atoms with Gasteiger partial charge in [0.15, 0.2) is 5.82 Å². The van der Waals surface area contributed by atoms with Gasteiger partial charge in [0.05, 0.1) is 6.04 Å². The number of nitrogens with zero attached hydrogens (tertiary/aromatic N) is 3. The largest absolute Gasteiger partial charge is 0.355 e. The molecule has 0 aliphatic carbocycles. The highest BCUT2D eigenvalue weighted by atomic mass is 15.4.